The van der Waals surface area contributed by atoms with E-state index >= 15 is 0 Å². The van der Waals surface area contributed by atoms with Crippen molar-refractivity contribution in [3.8, 4) is 0 Å². The van der Waals surface area contributed by atoms with E-state index in [4.69, 9.17) is 0 Å². The first kappa shape index (κ1) is 17.7. The lowest BCUT2D eigenvalue weighted by molar-refractivity contribution is -0.120. The Morgan fingerprint density at radius 3 is 2.46 bits per heavy atom. The Bertz CT molecular complexity index is 645. The molecule has 1 amide bonds. The average Bonchev–Trinajstić information content (AvgIpc) is 2.58. The third-order valence-electron chi connectivity index (χ3n) is 3.43. The maximum atomic E-state index is 11.8. The Morgan fingerprint density at radius 2 is 1.75 bits per heavy atom. The molecule has 0 atom stereocenters. The second-order valence-electron chi connectivity index (χ2n) is 5.48. The number of aryl methyl sites for hydroxylation is 2. The molecule has 6 heteroatoms. The molecular formula is C18H25N5O. The minimum absolute atomic E-state index is 0.0628. The van der Waals surface area contributed by atoms with Crippen molar-refractivity contribution in [1.29, 1.82) is 0 Å². The molecule has 2 rings (SSSR count). The minimum atomic E-state index is 0.0628. The molecule has 0 saturated carbocycles. The zero-order chi connectivity index (χ0) is 17.2. The molecule has 1 aromatic carbocycles. The van der Waals surface area contributed by atoms with Gasteiger partial charge in [-0.1, -0.05) is 30.3 Å². The lowest BCUT2D eigenvalue weighted by Gasteiger charge is -2.10. The minimum Gasteiger partial charge on any atom is -0.370 e. The summed E-state index contributed by atoms with van der Waals surface area (Å²) in [6.45, 7) is 5.88. The molecule has 3 N–H and O–H groups in total. The number of aromatic nitrogens is 2. The van der Waals surface area contributed by atoms with Gasteiger partial charge >= 0.3 is 0 Å². The van der Waals surface area contributed by atoms with Crippen LogP contribution < -0.4 is 16.0 Å². The van der Waals surface area contributed by atoms with E-state index in [-0.39, 0.29) is 5.91 Å². The van der Waals surface area contributed by atoms with Gasteiger partial charge in [0.2, 0.25) is 5.91 Å². The standard InChI is InChI=1S/C18H25N5O/c1-3-19-16-13-17(23-14(2)22-16)20-11-12-21-18(24)10-9-15-7-5-4-6-8-15/h4-8,13H,3,9-12H2,1-2H3,(H,21,24)(H2,19,20,22,23). The molecule has 0 spiro atoms. The molecule has 0 aliphatic rings. The summed E-state index contributed by atoms with van der Waals surface area (Å²) in [6.07, 6.45) is 1.26. The molecule has 0 aliphatic carbocycles. The molecule has 0 bridgehead atoms. The van der Waals surface area contributed by atoms with Crippen LogP contribution in [0.25, 0.3) is 0 Å². The van der Waals surface area contributed by atoms with Crippen molar-refractivity contribution in [3.05, 3.63) is 47.8 Å². The molecule has 0 unspecified atom stereocenters. The molecule has 0 radical (unpaired) electrons. The number of rotatable bonds is 9. The van der Waals surface area contributed by atoms with Crippen molar-refractivity contribution < 1.29 is 4.79 Å². The van der Waals surface area contributed by atoms with Crippen LogP contribution in [0.4, 0.5) is 11.6 Å². The molecule has 24 heavy (non-hydrogen) atoms. The summed E-state index contributed by atoms with van der Waals surface area (Å²) in [5.41, 5.74) is 1.18. The maximum Gasteiger partial charge on any atom is 0.220 e. The summed E-state index contributed by atoms with van der Waals surface area (Å²) in [5, 5.41) is 9.29. The van der Waals surface area contributed by atoms with E-state index in [2.05, 4.69) is 25.9 Å². The fourth-order valence-electron chi connectivity index (χ4n) is 2.31. The van der Waals surface area contributed by atoms with Gasteiger partial charge < -0.3 is 16.0 Å². The fraction of sp³-hybridized carbons (Fsp3) is 0.389. The first-order valence-electron chi connectivity index (χ1n) is 8.31. The third kappa shape index (κ3) is 6.24. The molecule has 1 heterocycles. The van der Waals surface area contributed by atoms with Crippen molar-refractivity contribution in [2.45, 2.75) is 26.7 Å². The molecule has 6 nitrogen and oxygen atoms in total. The van der Waals surface area contributed by atoms with Crippen LogP contribution in [0.1, 0.15) is 24.7 Å². The summed E-state index contributed by atoms with van der Waals surface area (Å²) >= 11 is 0. The Balaban J connectivity index is 1.68. The van der Waals surface area contributed by atoms with E-state index in [1.165, 1.54) is 5.56 Å². The quantitative estimate of drug-likeness (QED) is 0.616. The van der Waals surface area contributed by atoms with Crippen molar-refractivity contribution >= 4 is 17.5 Å². The fourth-order valence-corrected chi connectivity index (χ4v) is 2.31. The molecule has 128 valence electrons. The number of carbonyl (C=O) groups excluding carboxylic acids is 1. The number of nitrogens with one attached hydrogen (secondary N) is 3. The third-order valence-corrected chi connectivity index (χ3v) is 3.43. The van der Waals surface area contributed by atoms with Crippen LogP contribution in [0, 0.1) is 6.92 Å². The topological polar surface area (TPSA) is 78.9 Å². The van der Waals surface area contributed by atoms with Gasteiger partial charge in [-0.2, -0.15) is 0 Å². The Morgan fingerprint density at radius 1 is 1.04 bits per heavy atom. The van der Waals surface area contributed by atoms with Crippen molar-refractivity contribution in [3.63, 3.8) is 0 Å². The highest BCUT2D eigenvalue weighted by Crippen LogP contribution is 2.10. The number of carbonyl (C=O) groups is 1. The number of hydrogen-bond donors (Lipinski definition) is 3. The first-order valence-corrected chi connectivity index (χ1v) is 8.31. The van der Waals surface area contributed by atoms with Crippen LogP contribution in [0.5, 0.6) is 0 Å². The normalized spacial score (nSPS) is 10.2. The number of nitrogens with zero attached hydrogens (tertiary/aromatic N) is 2. The zero-order valence-electron chi connectivity index (χ0n) is 14.3. The van der Waals surface area contributed by atoms with Gasteiger partial charge in [-0.05, 0) is 25.8 Å². The summed E-state index contributed by atoms with van der Waals surface area (Å²) < 4.78 is 0. The van der Waals surface area contributed by atoms with Gasteiger partial charge in [0.25, 0.3) is 0 Å². The second kappa shape index (κ2) is 9.50. The van der Waals surface area contributed by atoms with Crippen LogP contribution in [-0.2, 0) is 11.2 Å². The number of anilines is 2. The monoisotopic (exact) mass is 327 g/mol. The van der Waals surface area contributed by atoms with Gasteiger partial charge in [0, 0.05) is 32.1 Å². The van der Waals surface area contributed by atoms with Crippen LogP contribution >= 0.6 is 0 Å². The average molecular weight is 327 g/mol. The van der Waals surface area contributed by atoms with Gasteiger partial charge in [0.05, 0.1) is 0 Å². The van der Waals surface area contributed by atoms with Crippen molar-refractivity contribution in [1.82, 2.24) is 15.3 Å². The second-order valence-corrected chi connectivity index (χ2v) is 5.48. The molecule has 0 fully saturated rings. The van der Waals surface area contributed by atoms with E-state index in [9.17, 15) is 4.79 Å². The van der Waals surface area contributed by atoms with Gasteiger partial charge in [0.15, 0.2) is 0 Å². The molecular weight excluding hydrogens is 302 g/mol. The number of benzene rings is 1. The van der Waals surface area contributed by atoms with Gasteiger partial charge in [0.1, 0.15) is 17.5 Å². The van der Waals surface area contributed by atoms with E-state index in [1.54, 1.807) is 0 Å². The maximum absolute atomic E-state index is 11.8. The van der Waals surface area contributed by atoms with E-state index in [0.29, 0.717) is 25.3 Å². The molecule has 1 aromatic heterocycles. The first-order chi connectivity index (χ1) is 11.7. The molecule has 0 saturated heterocycles. The Hall–Kier alpha value is -2.63. The van der Waals surface area contributed by atoms with Crippen LogP contribution in [0.15, 0.2) is 36.4 Å². The lowest BCUT2D eigenvalue weighted by Crippen LogP contribution is -2.29. The van der Waals surface area contributed by atoms with Gasteiger partial charge in [-0.3, -0.25) is 4.79 Å². The predicted molar refractivity (Wildman–Crippen MR) is 97.2 cm³/mol. The van der Waals surface area contributed by atoms with E-state index < -0.39 is 0 Å². The van der Waals surface area contributed by atoms with Crippen LogP contribution in [-0.4, -0.2) is 35.5 Å². The van der Waals surface area contributed by atoms with Crippen molar-refractivity contribution in [2.24, 2.45) is 0 Å². The number of amides is 1. The zero-order valence-corrected chi connectivity index (χ0v) is 14.3. The summed E-state index contributed by atoms with van der Waals surface area (Å²) in [5.74, 6) is 2.34. The Kier molecular flexibility index (Phi) is 7.01. The van der Waals surface area contributed by atoms with E-state index in [1.807, 2.05) is 50.2 Å². The Labute approximate surface area is 143 Å². The number of hydrogen-bond acceptors (Lipinski definition) is 5. The summed E-state index contributed by atoms with van der Waals surface area (Å²) in [4.78, 5) is 20.5. The highest BCUT2D eigenvalue weighted by atomic mass is 16.1. The van der Waals surface area contributed by atoms with Crippen molar-refractivity contribution in [2.75, 3.05) is 30.3 Å². The van der Waals surface area contributed by atoms with Gasteiger partial charge in [-0.25, -0.2) is 9.97 Å². The largest absolute Gasteiger partial charge is 0.370 e. The highest BCUT2D eigenvalue weighted by Gasteiger charge is 2.03. The SMILES string of the molecule is CCNc1cc(NCCNC(=O)CCc2ccccc2)nc(C)n1. The highest BCUT2D eigenvalue weighted by molar-refractivity contribution is 5.76. The smallest absolute Gasteiger partial charge is 0.220 e. The molecule has 0 aliphatic heterocycles. The summed E-state index contributed by atoms with van der Waals surface area (Å²) in [6, 6.07) is 11.9. The van der Waals surface area contributed by atoms with Gasteiger partial charge in [-0.15, -0.1) is 0 Å². The lowest BCUT2D eigenvalue weighted by atomic mass is 10.1. The molecule has 2 aromatic rings. The summed E-state index contributed by atoms with van der Waals surface area (Å²) in [7, 11) is 0. The van der Waals surface area contributed by atoms with E-state index in [0.717, 1.165) is 24.6 Å². The van der Waals surface area contributed by atoms with Crippen LogP contribution in [0.2, 0.25) is 0 Å². The predicted octanol–water partition coefficient (Wildman–Crippen LogP) is 2.38. The van der Waals surface area contributed by atoms with Crippen LogP contribution in [0.3, 0.4) is 0 Å².